The van der Waals surface area contributed by atoms with Crippen molar-refractivity contribution in [2.24, 2.45) is 10.8 Å². The number of anilines is 1. The minimum absolute atomic E-state index is 0.0224. The Kier molecular flexibility index (Phi) is 7.14. The van der Waals surface area contributed by atoms with Crippen LogP contribution in [0.25, 0.3) is 22.4 Å². The summed E-state index contributed by atoms with van der Waals surface area (Å²) >= 11 is 0. The van der Waals surface area contributed by atoms with Crippen molar-refractivity contribution >= 4 is 29.4 Å². The van der Waals surface area contributed by atoms with Crippen molar-refractivity contribution in [1.29, 1.82) is 0 Å². The van der Waals surface area contributed by atoms with Gasteiger partial charge >= 0.3 is 0 Å². The van der Waals surface area contributed by atoms with Gasteiger partial charge in [0.1, 0.15) is 41.8 Å². The zero-order valence-corrected chi connectivity index (χ0v) is 23.5. The first-order valence-corrected chi connectivity index (χ1v) is 13.7. The van der Waals surface area contributed by atoms with Gasteiger partial charge in [0, 0.05) is 30.1 Å². The Morgan fingerprint density at radius 2 is 1.77 bits per heavy atom. The number of nitrogens with zero attached hydrogens (tertiary/aromatic N) is 4. The van der Waals surface area contributed by atoms with Gasteiger partial charge in [-0.25, -0.2) is 13.8 Å². The normalized spacial score (nSPS) is 24.5. The van der Waals surface area contributed by atoms with Crippen LogP contribution in [-0.2, 0) is 0 Å². The van der Waals surface area contributed by atoms with Crippen molar-refractivity contribution in [3.05, 3.63) is 48.4 Å². The molecule has 2 fully saturated rings. The van der Waals surface area contributed by atoms with Gasteiger partial charge in [0.05, 0.1) is 11.3 Å². The number of alkyl halides is 1. The molecule has 0 spiro atoms. The Morgan fingerprint density at radius 3 is 2.36 bits per heavy atom. The summed E-state index contributed by atoms with van der Waals surface area (Å²) < 4.78 is 34.8. The molecule has 2 heterocycles. The van der Waals surface area contributed by atoms with Crippen molar-refractivity contribution in [2.75, 3.05) is 18.1 Å². The molecule has 2 aliphatic rings. The van der Waals surface area contributed by atoms with E-state index in [-0.39, 0.29) is 40.4 Å². The molecular weight excluding hydrogens is 495 g/mol. The largest absolute Gasteiger partial charge is 0.507 e. The van der Waals surface area contributed by atoms with E-state index in [4.69, 9.17) is 4.74 Å². The summed E-state index contributed by atoms with van der Waals surface area (Å²) in [4.78, 5) is 6.25. The van der Waals surface area contributed by atoms with Gasteiger partial charge in [0.15, 0.2) is 5.82 Å². The third kappa shape index (κ3) is 5.92. The molecule has 5 rings (SSSR count). The van der Waals surface area contributed by atoms with Crippen molar-refractivity contribution in [3.63, 3.8) is 0 Å². The molecule has 0 aliphatic heterocycles. The standard InChI is InChI=1S/C28H35B3F2N4O2/c1-26-6-7-27(2,16-26)15-19(14-26)37(10-8-32)23-4-3-21(35-36-23)25-20(33)11-18(12-22(25)38)17-5-9-34-24(13-17)39-28(29,30)31/h3-5,9,11-13,19,38H,6-8,10,14-16,29-31H2,1-2H3/t19-,26-,27+. The lowest BCUT2D eigenvalue weighted by molar-refractivity contribution is 0.144. The Hall–Kier alpha value is -3.10. The van der Waals surface area contributed by atoms with E-state index in [1.807, 2.05) is 28.4 Å². The first-order chi connectivity index (χ1) is 18.4. The number of hydrogen-bond donors (Lipinski definition) is 1. The Bertz CT molecular complexity index is 1320. The molecule has 1 N–H and O–H groups in total. The molecule has 2 aromatic heterocycles. The number of phenolic OH excluding ortho intramolecular Hbond substituents is 1. The van der Waals surface area contributed by atoms with Gasteiger partial charge in [-0.05, 0) is 84.4 Å². The Balaban J connectivity index is 1.40. The highest BCUT2D eigenvalue weighted by molar-refractivity contribution is 6.58. The molecular formula is C28H35B3F2N4O2. The number of hydrogen-bond acceptors (Lipinski definition) is 6. The molecule has 11 heteroatoms. The second kappa shape index (κ2) is 10.1. The first-order valence-electron chi connectivity index (χ1n) is 13.7. The SMILES string of the molecule is BC(B)(B)Oc1cc(-c2cc(O)c(-c3ccc(N(CCF)[C@H]4C[C@]5(C)CC[C@](C)(C4)C5)nn3)c(F)c2)ccn1. The predicted molar refractivity (Wildman–Crippen MR) is 158 cm³/mol. The summed E-state index contributed by atoms with van der Waals surface area (Å²) in [5.41, 5.74) is 1.88. The smallest absolute Gasteiger partial charge is 0.212 e. The Morgan fingerprint density at radius 1 is 1.05 bits per heavy atom. The molecule has 0 saturated heterocycles. The number of fused-ring (bicyclic) bond motifs is 2. The van der Waals surface area contributed by atoms with Crippen LogP contribution >= 0.6 is 0 Å². The van der Waals surface area contributed by atoms with Gasteiger partial charge in [0.25, 0.3) is 0 Å². The van der Waals surface area contributed by atoms with E-state index in [0.717, 1.165) is 12.8 Å². The molecule has 39 heavy (non-hydrogen) atoms. The van der Waals surface area contributed by atoms with Gasteiger partial charge in [-0.2, -0.15) is 0 Å². The number of aromatic hydroxyl groups is 1. The zero-order chi connectivity index (χ0) is 28.0. The van der Waals surface area contributed by atoms with Crippen LogP contribution in [-0.4, -0.2) is 68.4 Å². The maximum Gasteiger partial charge on any atom is 0.212 e. The number of ether oxygens (including phenoxy) is 1. The van der Waals surface area contributed by atoms with Crippen LogP contribution in [0.15, 0.2) is 42.6 Å². The van der Waals surface area contributed by atoms with Crippen molar-refractivity contribution in [3.8, 4) is 34.0 Å². The van der Waals surface area contributed by atoms with E-state index in [0.29, 0.717) is 22.8 Å². The number of benzene rings is 1. The van der Waals surface area contributed by atoms with Crippen LogP contribution in [0.5, 0.6) is 11.6 Å². The summed E-state index contributed by atoms with van der Waals surface area (Å²) in [6.45, 7) is 4.44. The first kappa shape index (κ1) is 27.5. The van der Waals surface area contributed by atoms with E-state index in [1.165, 1.54) is 31.4 Å². The van der Waals surface area contributed by atoms with Crippen molar-refractivity contribution in [1.82, 2.24) is 15.2 Å². The highest BCUT2D eigenvalue weighted by Gasteiger charge is 2.50. The molecule has 2 aliphatic carbocycles. The predicted octanol–water partition coefficient (Wildman–Crippen LogP) is 3.07. The monoisotopic (exact) mass is 530 g/mol. The average molecular weight is 530 g/mol. The fourth-order valence-corrected chi connectivity index (χ4v) is 6.75. The lowest BCUT2D eigenvalue weighted by atomic mass is 9.52. The lowest BCUT2D eigenvalue weighted by Crippen LogP contribution is -2.45. The van der Waals surface area contributed by atoms with Gasteiger partial charge in [0.2, 0.25) is 5.88 Å². The van der Waals surface area contributed by atoms with E-state index in [1.54, 1.807) is 30.5 Å². The van der Waals surface area contributed by atoms with Crippen LogP contribution in [0.4, 0.5) is 14.6 Å². The third-order valence-electron chi connectivity index (χ3n) is 8.16. The van der Waals surface area contributed by atoms with Crippen LogP contribution in [0.2, 0.25) is 0 Å². The number of halogens is 2. The quantitative estimate of drug-likeness (QED) is 0.452. The zero-order valence-electron chi connectivity index (χ0n) is 23.5. The second-order valence-corrected chi connectivity index (χ2v) is 13.0. The highest BCUT2D eigenvalue weighted by Crippen LogP contribution is 2.59. The third-order valence-corrected chi connectivity index (χ3v) is 8.16. The number of aromatic nitrogens is 3. The summed E-state index contributed by atoms with van der Waals surface area (Å²) in [5, 5.41) is 19.0. The van der Waals surface area contributed by atoms with Crippen molar-refractivity contribution < 1.29 is 18.6 Å². The van der Waals surface area contributed by atoms with Gasteiger partial charge in [-0.15, -0.1) is 10.2 Å². The highest BCUT2D eigenvalue weighted by atomic mass is 19.1. The van der Waals surface area contributed by atoms with E-state index in [9.17, 15) is 9.50 Å². The molecule has 0 radical (unpaired) electrons. The lowest BCUT2D eigenvalue weighted by Gasteiger charge is -2.45. The van der Waals surface area contributed by atoms with Gasteiger partial charge in [-0.3, -0.25) is 0 Å². The van der Waals surface area contributed by atoms with Crippen LogP contribution in [0.1, 0.15) is 46.0 Å². The van der Waals surface area contributed by atoms with E-state index < -0.39 is 17.8 Å². The van der Waals surface area contributed by atoms with Crippen LogP contribution < -0.4 is 9.64 Å². The number of rotatable bonds is 8. The molecule has 2 saturated carbocycles. The summed E-state index contributed by atoms with van der Waals surface area (Å²) in [7, 11) is 5.76. The molecule has 202 valence electrons. The fraction of sp³-hybridized carbons (Fsp3) is 0.464. The minimum atomic E-state index is -0.618. The molecule has 6 nitrogen and oxygen atoms in total. The molecule has 3 atom stereocenters. The average Bonchev–Trinajstić information content (AvgIpc) is 3.08. The fourth-order valence-electron chi connectivity index (χ4n) is 6.75. The molecule has 0 amide bonds. The van der Waals surface area contributed by atoms with Gasteiger partial charge in [-0.1, -0.05) is 13.8 Å². The Labute approximate surface area is 231 Å². The van der Waals surface area contributed by atoms with Crippen molar-refractivity contribution in [2.45, 2.75) is 57.3 Å². The second-order valence-electron chi connectivity index (χ2n) is 13.0. The minimum Gasteiger partial charge on any atom is -0.507 e. The molecule has 1 aromatic carbocycles. The van der Waals surface area contributed by atoms with Gasteiger partial charge < -0.3 is 14.7 Å². The molecule has 3 aromatic rings. The molecule has 2 bridgehead atoms. The van der Waals surface area contributed by atoms with Crippen LogP contribution in [0, 0.1) is 16.6 Å². The summed E-state index contributed by atoms with van der Waals surface area (Å²) in [6, 6.07) is 9.89. The summed E-state index contributed by atoms with van der Waals surface area (Å²) in [6.07, 6.45) is 7.20. The topological polar surface area (TPSA) is 71.4 Å². The van der Waals surface area contributed by atoms with E-state index in [2.05, 4.69) is 29.0 Å². The summed E-state index contributed by atoms with van der Waals surface area (Å²) in [5.74, 6) is 0.131. The maximum atomic E-state index is 15.4. The number of pyridine rings is 1. The maximum absolute atomic E-state index is 15.4. The van der Waals surface area contributed by atoms with Crippen LogP contribution in [0.3, 0.4) is 0 Å². The number of phenols is 1. The molecule has 0 unspecified atom stereocenters. The van der Waals surface area contributed by atoms with E-state index >= 15 is 4.39 Å².